The number of imidazole rings is 2. The molecule has 0 aliphatic carbocycles. The number of hydrogen-bond donors (Lipinski definition) is 6. The van der Waals surface area contributed by atoms with Crippen molar-refractivity contribution in [2.75, 3.05) is 27.3 Å². The van der Waals surface area contributed by atoms with E-state index in [2.05, 4.69) is 40.0 Å². The molecule has 2 aliphatic rings. The van der Waals surface area contributed by atoms with E-state index in [0.29, 0.717) is 37.6 Å². The molecule has 16 nitrogen and oxygen atoms in total. The van der Waals surface area contributed by atoms with Crippen molar-refractivity contribution in [1.29, 1.82) is 0 Å². The Labute approximate surface area is 312 Å². The minimum absolute atomic E-state index is 0.326. The molecule has 4 heterocycles. The Kier molecular flexibility index (Phi) is 11.6. The van der Waals surface area contributed by atoms with Crippen LogP contribution < -0.4 is 10.6 Å². The second-order valence-electron chi connectivity index (χ2n) is 13.6. The number of carbonyl (C=O) groups is 4. The normalized spacial score (nSPS) is 19.1. The molecule has 0 bridgehead atoms. The molecule has 0 unspecified atom stereocenters. The zero-order valence-corrected chi connectivity index (χ0v) is 30.6. The van der Waals surface area contributed by atoms with Crippen molar-refractivity contribution < 1.29 is 38.9 Å². The first-order valence-electron chi connectivity index (χ1n) is 18.0. The maximum absolute atomic E-state index is 13.4. The van der Waals surface area contributed by atoms with Crippen LogP contribution in [0.1, 0.15) is 63.3 Å². The summed E-state index contributed by atoms with van der Waals surface area (Å²) in [5, 5.41) is 25.3. The molecule has 286 valence electrons. The maximum atomic E-state index is 13.4. The molecule has 0 radical (unpaired) electrons. The number of aliphatic hydroxyl groups is 2. The second kappa shape index (κ2) is 16.5. The Morgan fingerprint density at radius 3 is 1.35 bits per heavy atom. The highest BCUT2D eigenvalue weighted by Gasteiger charge is 2.39. The number of H-pyrrole nitrogens is 2. The number of benzene rings is 2. The third-order valence-electron chi connectivity index (χ3n) is 10.0. The molecule has 6 atom stereocenters. The lowest BCUT2D eigenvalue weighted by Gasteiger charge is -2.29. The molecule has 2 aromatic heterocycles. The van der Waals surface area contributed by atoms with E-state index in [-0.39, 0.29) is 12.1 Å². The summed E-state index contributed by atoms with van der Waals surface area (Å²) >= 11 is 0. The van der Waals surface area contributed by atoms with Gasteiger partial charge in [0.1, 0.15) is 23.7 Å². The molecule has 2 aliphatic heterocycles. The lowest BCUT2D eigenvalue weighted by molar-refractivity contribution is -0.137. The van der Waals surface area contributed by atoms with Crippen LogP contribution >= 0.6 is 0 Å². The molecule has 0 spiro atoms. The molecule has 2 fully saturated rings. The van der Waals surface area contributed by atoms with Gasteiger partial charge in [0, 0.05) is 13.1 Å². The van der Waals surface area contributed by atoms with E-state index in [1.165, 1.54) is 28.1 Å². The molecule has 0 saturated carbocycles. The number of ether oxygens (including phenoxy) is 2. The van der Waals surface area contributed by atoms with Crippen molar-refractivity contribution in [1.82, 2.24) is 40.4 Å². The molecule has 4 amide bonds. The maximum Gasteiger partial charge on any atom is 0.407 e. The number of hydrogen-bond acceptors (Lipinski definition) is 10. The van der Waals surface area contributed by atoms with Crippen molar-refractivity contribution in [3.63, 3.8) is 0 Å². The number of nitrogens with zero attached hydrogens (tertiary/aromatic N) is 4. The zero-order chi connectivity index (χ0) is 38.5. The van der Waals surface area contributed by atoms with Crippen LogP contribution in [-0.2, 0) is 19.1 Å². The average molecular weight is 743 g/mol. The molecular formula is C38H46N8O8. The fourth-order valence-corrected chi connectivity index (χ4v) is 7.13. The summed E-state index contributed by atoms with van der Waals surface area (Å²) in [6.07, 6.45) is 2.58. The SMILES string of the molecule is COC(=O)N[C@H](C(=O)N1CCC[C@H]1c1ncc(-c2ccc(-c3ccc(-c4cnc([C@@H]5CCCN5C(=O)[C@@H](NC(=O)OC)[C@H](C)O)[nH]4)cc3)cc2)[nH]1)[C@H](C)O. The minimum atomic E-state index is -1.14. The summed E-state index contributed by atoms with van der Waals surface area (Å²) in [6.45, 7) is 3.85. The van der Waals surface area contributed by atoms with Gasteiger partial charge in [-0.15, -0.1) is 0 Å². The Balaban J connectivity index is 1.11. The van der Waals surface area contributed by atoms with Gasteiger partial charge in [0.05, 0.1) is 62.3 Å². The highest BCUT2D eigenvalue weighted by molar-refractivity contribution is 5.87. The highest BCUT2D eigenvalue weighted by Crippen LogP contribution is 2.35. The third-order valence-corrected chi connectivity index (χ3v) is 10.0. The summed E-state index contributed by atoms with van der Waals surface area (Å²) in [7, 11) is 2.40. The number of alkyl carbamates (subject to hydrolysis) is 2. The van der Waals surface area contributed by atoms with Crippen molar-refractivity contribution in [2.24, 2.45) is 0 Å². The first-order valence-corrected chi connectivity index (χ1v) is 18.0. The van der Waals surface area contributed by atoms with Gasteiger partial charge < -0.3 is 50.1 Å². The Morgan fingerprint density at radius 2 is 1.02 bits per heavy atom. The smallest absolute Gasteiger partial charge is 0.407 e. The Morgan fingerprint density at radius 1 is 0.667 bits per heavy atom. The number of aromatic amines is 2. The summed E-state index contributed by atoms with van der Waals surface area (Å²) in [6, 6.07) is 13.2. The van der Waals surface area contributed by atoms with E-state index in [9.17, 15) is 29.4 Å². The predicted octanol–water partition coefficient (Wildman–Crippen LogP) is 3.67. The standard InChI is InChI=1S/C38H46N8O8/c1-21(47)31(43-37(51)53-3)35(49)45-17-5-7-29(45)33-39-19-27(41-33)25-13-9-23(10-14-25)24-11-15-26(16-12-24)28-20-40-34(42-28)30-8-6-18-46(30)36(50)32(22(2)48)44-38(52)54-4/h9-16,19-22,29-32,47-48H,5-8,17-18H2,1-4H3,(H,39,41)(H,40,42)(H,43,51)(H,44,52)/t21-,22-,29-,30-,31-,32-/m0/s1. The van der Waals surface area contributed by atoms with Crippen molar-refractivity contribution >= 4 is 24.0 Å². The van der Waals surface area contributed by atoms with Crippen molar-refractivity contribution in [2.45, 2.75) is 75.9 Å². The number of likely N-dealkylation sites (tertiary alicyclic amines) is 2. The summed E-state index contributed by atoms with van der Waals surface area (Å²) in [5.41, 5.74) is 5.46. The Hall–Kier alpha value is -5.74. The van der Waals surface area contributed by atoms with Gasteiger partial charge in [0.2, 0.25) is 11.8 Å². The average Bonchev–Trinajstić information content (AvgIpc) is 4.02. The number of amides is 4. The van der Waals surface area contributed by atoms with Crippen LogP contribution in [0.3, 0.4) is 0 Å². The molecule has 2 aromatic carbocycles. The number of aromatic nitrogens is 4. The van der Waals surface area contributed by atoms with Crippen molar-refractivity contribution in [3.05, 3.63) is 72.6 Å². The second-order valence-corrected chi connectivity index (χ2v) is 13.6. The van der Waals surface area contributed by atoms with Gasteiger partial charge in [0.15, 0.2) is 0 Å². The fraction of sp³-hybridized carbons (Fsp3) is 0.421. The lowest BCUT2D eigenvalue weighted by Crippen LogP contribution is -2.53. The molecule has 6 rings (SSSR count). The number of methoxy groups -OCH3 is 2. The predicted molar refractivity (Wildman–Crippen MR) is 196 cm³/mol. The number of carbonyl (C=O) groups excluding carboxylic acids is 4. The molecule has 54 heavy (non-hydrogen) atoms. The van der Waals surface area contributed by atoms with Crippen LogP contribution in [0, 0.1) is 0 Å². The van der Waals surface area contributed by atoms with Crippen LogP contribution in [0.2, 0.25) is 0 Å². The van der Waals surface area contributed by atoms with E-state index < -0.39 is 48.3 Å². The lowest BCUT2D eigenvalue weighted by atomic mass is 10.0. The number of nitrogens with one attached hydrogen (secondary N) is 4. The monoisotopic (exact) mass is 742 g/mol. The van der Waals surface area contributed by atoms with Crippen LogP contribution in [0.4, 0.5) is 9.59 Å². The number of rotatable bonds is 11. The topological polar surface area (TPSA) is 215 Å². The van der Waals surface area contributed by atoms with Gasteiger partial charge >= 0.3 is 12.2 Å². The molecule has 2 saturated heterocycles. The van der Waals surface area contributed by atoms with Crippen LogP contribution in [0.5, 0.6) is 0 Å². The highest BCUT2D eigenvalue weighted by atomic mass is 16.5. The van der Waals surface area contributed by atoms with Crippen LogP contribution in [0.15, 0.2) is 60.9 Å². The minimum Gasteiger partial charge on any atom is -0.453 e. The molecule has 6 N–H and O–H groups in total. The zero-order valence-electron chi connectivity index (χ0n) is 30.6. The van der Waals surface area contributed by atoms with E-state index in [1.54, 1.807) is 22.2 Å². The first-order chi connectivity index (χ1) is 26.0. The summed E-state index contributed by atoms with van der Waals surface area (Å²) in [4.78, 5) is 69.5. The van der Waals surface area contributed by atoms with E-state index in [0.717, 1.165) is 46.5 Å². The van der Waals surface area contributed by atoms with Gasteiger partial charge in [-0.05, 0) is 61.8 Å². The van der Waals surface area contributed by atoms with Gasteiger partial charge in [-0.25, -0.2) is 19.6 Å². The largest absolute Gasteiger partial charge is 0.453 e. The molecular weight excluding hydrogens is 696 g/mol. The first kappa shape index (κ1) is 38.0. The van der Waals surface area contributed by atoms with Crippen LogP contribution in [-0.4, -0.2) is 116 Å². The summed E-state index contributed by atoms with van der Waals surface area (Å²) in [5.74, 6) is 0.465. The quantitative estimate of drug-likeness (QED) is 0.131. The summed E-state index contributed by atoms with van der Waals surface area (Å²) < 4.78 is 9.27. The fourth-order valence-electron chi connectivity index (χ4n) is 7.13. The van der Waals surface area contributed by atoms with E-state index >= 15 is 0 Å². The van der Waals surface area contributed by atoms with Gasteiger partial charge in [-0.2, -0.15) is 0 Å². The van der Waals surface area contributed by atoms with Gasteiger partial charge in [0.25, 0.3) is 0 Å². The Bertz CT molecular complexity index is 1800. The van der Waals surface area contributed by atoms with Crippen molar-refractivity contribution in [3.8, 4) is 33.6 Å². The third kappa shape index (κ3) is 8.09. The van der Waals surface area contributed by atoms with Gasteiger partial charge in [-0.3, -0.25) is 9.59 Å². The molecule has 16 heteroatoms. The van der Waals surface area contributed by atoms with Crippen LogP contribution in [0.25, 0.3) is 33.6 Å². The van der Waals surface area contributed by atoms with Gasteiger partial charge in [-0.1, -0.05) is 48.5 Å². The molecule has 4 aromatic rings. The number of aliphatic hydroxyl groups excluding tert-OH is 2. The van der Waals surface area contributed by atoms with E-state index in [4.69, 9.17) is 0 Å². The van der Waals surface area contributed by atoms with E-state index in [1.807, 2.05) is 48.5 Å².